The molecule has 146 valence electrons. The minimum Gasteiger partial charge on any atom is -0.493 e. The predicted octanol–water partition coefficient (Wildman–Crippen LogP) is 2.34. The summed E-state index contributed by atoms with van der Waals surface area (Å²) in [5, 5.41) is 12.3. The molecule has 1 aromatic heterocycles. The lowest BCUT2D eigenvalue weighted by Gasteiger charge is -2.11. The first-order valence-electron chi connectivity index (χ1n) is 8.76. The fourth-order valence-electron chi connectivity index (χ4n) is 2.72. The van der Waals surface area contributed by atoms with Crippen LogP contribution in [0.15, 0.2) is 57.7 Å². The molecule has 0 aliphatic rings. The highest BCUT2D eigenvalue weighted by Crippen LogP contribution is 2.28. The molecule has 1 atom stereocenters. The standard InChI is InChI=1S/C21H21NO6/c1-13(11-23)22-19(24)12-27-16-8-6-14(7-9-16)17-10-15-4-3-5-18(26-2)20(15)28-21(17)25/h3-10,13,23H,11-12H2,1-2H3,(H,22,24)/t13-/m1/s1. The van der Waals surface area contributed by atoms with Crippen LogP contribution in [0.5, 0.6) is 11.5 Å². The topological polar surface area (TPSA) is 98.0 Å². The van der Waals surface area contributed by atoms with E-state index >= 15 is 0 Å². The van der Waals surface area contributed by atoms with E-state index in [2.05, 4.69) is 5.32 Å². The maximum absolute atomic E-state index is 12.4. The second kappa shape index (κ2) is 8.58. The molecule has 0 spiro atoms. The molecule has 3 rings (SSSR count). The zero-order chi connectivity index (χ0) is 20.1. The number of amides is 1. The maximum atomic E-state index is 12.4. The van der Waals surface area contributed by atoms with Crippen molar-refractivity contribution in [1.29, 1.82) is 0 Å². The van der Waals surface area contributed by atoms with Crippen LogP contribution >= 0.6 is 0 Å². The number of benzene rings is 2. The number of hydrogen-bond acceptors (Lipinski definition) is 6. The van der Waals surface area contributed by atoms with Gasteiger partial charge in [-0.1, -0.05) is 24.3 Å². The number of rotatable bonds is 7. The largest absolute Gasteiger partial charge is 0.493 e. The molecule has 3 aromatic rings. The molecule has 0 saturated carbocycles. The summed E-state index contributed by atoms with van der Waals surface area (Å²) in [7, 11) is 1.52. The quantitative estimate of drug-likeness (QED) is 0.608. The molecule has 0 radical (unpaired) electrons. The van der Waals surface area contributed by atoms with Crippen LogP contribution in [-0.2, 0) is 4.79 Å². The summed E-state index contributed by atoms with van der Waals surface area (Å²) in [5.41, 5.74) is 1.02. The molecule has 7 heteroatoms. The second-order valence-corrected chi connectivity index (χ2v) is 6.29. The molecule has 0 bridgehead atoms. The molecular formula is C21H21NO6. The van der Waals surface area contributed by atoms with Gasteiger partial charge in [0.05, 0.1) is 19.3 Å². The van der Waals surface area contributed by atoms with Crippen LogP contribution in [-0.4, -0.2) is 37.4 Å². The Morgan fingerprint density at radius 1 is 1.21 bits per heavy atom. The molecule has 0 aliphatic carbocycles. The molecule has 0 fully saturated rings. The average molecular weight is 383 g/mol. The molecule has 28 heavy (non-hydrogen) atoms. The number of ether oxygens (including phenoxy) is 2. The van der Waals surface area contributed by atoms with Crippen LogP contribution in [0.2, 0.25) is 0 Å². The monoisotopic (exact) mass is 383 g/mol. The Balaban J connectivity index is 1.77. The molecule has 0 aliphatic heterocycles. The first-order chi connectivity index (χ1) is 13.5. The summed E-state index contributed by atoms with van der Waals surface area (Å²) in [5.74, 6) is 0.663. The lowest BCUT2D eigenvalue weighted by Crippen LogP contribution is -2.38. The Morgan fingerprint density at radius 2 is 1.96 bits per heavy atom. The van der Waals surface area contributed by atoms with Gasteiger partial charge in [0.25, 0.3) is 5.91 Å². The number of fused-ring (bicyclic) bond motifs is 1. The Kier molecular flexibility index (Phi) is 5.96. The highest BCUT2D eigenvalue weighted by Gasteiger charge is 2.12. The highest BCUT2D eigenvalue weighted by molar-refractivity contribution is 5.86. The molecule has 2 N–H and O–H groups in total. The number of aliphatic hydroxyl groups is 1. The van der Waals surface area contributed by atoms with Gasteiger partial charge in [0.2, 0.25) is 0 Å². The number of nitrogens with one attached hydrogen (secondary N) is 1. The van der Waals surface area contributed by atoms with Gasteiger partial charge in [-0.05, 0) is 36.8 Å². The van der Waals surface area contributed by atoms with Crippen LogP contribution in [0.25, 0.3) is 22.1 Å². The summed E-state index contributed by atoms with van der Waals surface area (Å²) in [6, 6.07) is 13.6. The number of carbonyl (C=O) groups is 1. The molecule has 1 heterocycles. The van der Waals surface area contributed by atoms with E-state index in [1.165, 1.54) is 7.11 Å². The van der Waals surface area contributed by atoms with Gasteiger partial charge in [-0.3, -0.25) is 4.79 Å². The summed E-state index contributed by atoms with van der Waals surface area (Å²) < 4.78 is 16.1. The van der Waals surface area contributed by atoms with E-state index in [4.69, 9.17) is 19.0 Å². The summed E-state index contributed by atoms with van der Waals surface area (Å²) in [4.78, 5) is 24.1. The molecule has 1 amide bonds. The first-order valence-corrected chi connectivity index (χ1v) is 8.76. The van der Waals surface area contributed by atoms with Crippen molar-refractivity contribution in [1.82, 2.24) is 5.32 Å². The van der Waals surface area contributed by atoms with E-state index in [9.17, 15) is 9.59 Å². The van der Waals surface area contributed by atoms with E-state index < -0.39 is 5.63 Å². The van der Waals surface area contributed by atoms with Gasteiger partial charge in [0.15, 0.2) is 17.9 Å². The van der Waals surface area contributed by atoms with Crippen molar-refractivity contribution >= 4 is 16.9 Å². The number of methoxy groups -OCH3 is 1. The normalized spacial score (nSPS) is 11.8. The first kappa shape index (κ1) is 19.4. The van der Waals surface area contributed by atoms with Crippen molar-refractivity contribution in [2.45, 2.75) is 13.0 Å². The zero-order valence-electron chi connectivity index (χ0n) is 15.6. The minimum absolute atomic E-state index is 0.138. The zero-order valence-corrected chi connectivity index (χ0v) is 15.6. The van der Waals surface area contributed by atoms with Crippen molar-refractivity contribution in [3.8, 4) is 22.6 Å². The number of hydrogen-bond donors (Lipinski definition) is 2. The SMILES string of the molecule is COc1cccc2cc(-c3ccc(OCC(=O)N[C@H](C)CO)cc3)c(=O)oc12. The van der Waals surface area contributed by atoms with Gasteiger partial charge in [-0.25, -0.2) is 4.79 Å². The average Bonchev–Trinajstić information content (AvgIpc) is 2.71. The van der Waals surface area contributed by atoms with Gasteiger partial charge in [0, 0.05) is 11.4 Å². The van der Waals surface area contributed by atoms with Crippen molar-refractivity contribution in [2.75, 3.05) is 20.3 Å². The molecule has 7 nitrogen and oxygen atoms in total. The van der Waals surface area contributed by atoms with Crippen LogP contribution in [0.4, 0.5) is 0 Å². The maximum Gasteiger partial charge on any atom is 0.344 e. The number of carbonyl (C=O) groups excluding carboxylic acids is 1. The molecular weight excluding hydrogens is 362 g/mol. The lowest BCUT2D eigenvalue weighted by atomic mass is 10.1. The third-order valence-corrected chi connectivity index (χ3v) is 4.16. The van der Waals surface area contributed by atoms with Crippen molar-refractivity contribution in [3.05, 3.63) is 59.0 Å². The fourth-order valence-corrected chi connectivity index (χ4v) is 2.72. The van der Waals surface area contributed by atoms with Gasteiger partial charge in [0.1, 0.15) is 5.75 Å². The van der Waals surface area contributed by atoms with E-state index in [-0.39, 0.29) is 25.2 Å². The van der Waals surface area contributed by atoms with Crippen LogP contribution in [0.3, 0.4) is 0 Å². The highest BCUT2D eigenvalue weighted by atomic mass is 16.5. The number of para-hydroxylation sites is 1. The Bertz CT molecular complexity index is 1030. The van der Waals surface area contributed by atoms with E-state index in [0.717, 1.165) is 5.39 Å². The minimum atomic E-state index is -0.469. The van der Waals surface area contributed by atoms with E-state index in [0.29, 0.717) is 28.2 Å². The van der Waals surface area contributed by atoms with Crippen molar-refractivity contribution in [3.63, 3.8) is 0 Å². The Labute approximate surface area is 161 Å². The predicted molar refractivity (Wildman–Crippen MR) is 105 cm³/mol. The van der Waals surface area contributed by atoms with Crippen LogP contribution < -0.4 is 20.4 Å². The fraction of sp³-hybridized carbons (Fsp3) is 0.238. The van der Waals surface area contributed by atoms with E-state index in [1.54, 1.807) is 43.3 Å². The second-order valence-electron chi connectivity index (χ2n) is 6.29. The Morgan fingerprint density at radius 3 is 2.64 bits per heavy atom. The molecule has 0 saturated heterocycles. The third-order valence-electron chi connectivity index (χ3n) is 4.16. The third kappa shape index (κ3) is 4.32. The number of aliphatic hydroxyl groups excluding tert-OH is 1. The summed E-state index contributed by atoms with van der Waals surface area (Å²) in [6.45, 7) is 1.39. The van der Waals surface area contributed by atoms with Gasteiger partial charge < -0.3 is 24.3 Å². The van der Waals surface area contributed by atoms with Crippen molar-refractivity contribution in [2.24, 2.45) is 0 Å². The summed E-state index contributed by atoms with van der Waals surface area (Å²) in [6.07, 6.45) is 0. The van der Waals surface area contributed by atoms with Gasteiger partial charge in [-0.2, -0.15) is 0 Å². The lowest BCUT2D eigenvalue weighted by molar-refractivity contribution is -0.123. The van der Waals surface area contributed by atoms with E-state index in [1.807, 2.05) is 12.1 Å². The summed E-state index contributed by atoms with van der Waals surface area (Å²) >= 11 is 0. The molecule has 2 aromatic carbocycles. The van der Waals surface area contributed by atoms with Gasteiger partial charge >= 0.3 is 5.63 Å². The van der Waals surface area contributed by atoms with Crippen LogP contribution in [0.1, 0.15) is 6.92 Å². The molecule has 0 unspecified atom stereocenters. The smallest absolute Gasteiger partial charge is 0.344 e. The Hall–Kier alpha value is -3.32. The van der Waals surface area contributed by atoms with Crippen molar-refractivity contribution < 1.29 is 23.8 Å². The van der Waals surface area contributed by atoms with Crippen LogP contribution in [0, 0.1) is 0 Å². The van der Waals surface area contributed by atoms with Gasteiger partial charge in [-0.15, -0.1) is 0 Å².